The number of carboxylic acid groups (broad SMARTS) is 1. The van der Waals surface area contributed by atoms with Crippen LogP contribution < -0.4 is 10.6 Å². The molecule has 0 atom stereocenters. The molecule has 0 aliphatic rings. The number of hydrogen-bond acceptors (Lipinski definition) is 5. The number of aryl methyl sites for hydroxylation is 1. The molecule has 0 unspecified atom stereocenters. The first-order valence-electron chi connectivity index (χ1n) is 5.12. The number of rotatable bonds is 5. The van der Waals surface area contributed by atoms with Crippen molar-refractivity contribution in [1.82, 2.24) is 10.3 Å². The van der Waals surface area contributed by atoms with Gasteiger partial charge in [-0.2, -0.15) is 5.26 Å². The molecule has 1 heterocycles. The Hall–Kier alpha value is -2.62. The molecular formula is C11H12N4O3. The maximum Gasteiger partial charge on any atom is 0.322 e. The number of amides is 1. The Balaban J connectivity index is 2.59. The minimum absolute atomic E-state index is 0.140. The molecule has 1 aromatic heterocycles. The molecule has 0 saturated heterocycles. The summed E-state index contributed by atoms with van der Waals surface area (Å²) in [5.74, 6) is -1.29. The number of carbonyl (C=O) groups excluding carboxylic acids is 1. The number of nitriles is 1. The van der Waals surface area contributed by atoms with Gasteiger partial charge in [0.05, 0.1) is 12.1 Å². The van der Waals surface area contributed by atoms with Gasteiger partial charge < -0.3 is 15.7 Å². The van der Waals surface area contributed by atoms with Gasteiger partial charge in [-0.3, -0.25) is 9.59 Å². The van der Waals surface area contributed by atoms with Gasteiger partial charge in [-0.15, -0.1) is 0 Å². The average molecular weight is 248 g/mol. The van der Waals surface area contributed by atoms with Crippen LogP contribution in [0.25, 0.3) is 0 Å². The number of aromatic nitrogens is 1. The van der Waals surface area contributed by atoms with E-state index in [0.717, 1.165) is 5.56 Å². The van der Waals surface area contributed by atoms with Crippen LogP contribution in [0.5, 0.6) is 0 Å². The van der Waals surface area contributed by atoms with E-state index in [-0.39, 0.29) is 6.54 Å². The average Bonchev–Trinajstić information content (AvgIpc) is 2.33. The smallest absolute Gasteiger partial charge is 0.322 e. The molecule has 0 saturated carbocycles. The van der Waals surface area contributed by atoms with Crippen LogP contribution in [0.3, 0.4) is 0 Å². The zero-order valence-electron chi connectivity index (χ0n) is 9.73. The van der Waals surface area contributed by atoms with E-state index >= 15 is 0 Å². The lowest BCUT2D eigenvalue weighted by molar-refractivity contribution is -0.137. The zero-order valence-corrected chi connectivity index (χ0v) is 9.73. The molecule has 18 heavy (non-hydrogen) atoms. The summed E-state index contributed by atoms with van der Waals surface area (Å²) in [6.07, 6.45) is 1.52. The number of anilines is 1. The van der Waals surface area contributed by atoms with Gasteiger partial charge in [0.25, 0.3) is 0 Å². The van der Waals surface area contributed by atoms with Gasteiger partial charge in [-0.25, -0.2) is 4.98 Å². The third kappa shape index (κ3) is 3.75. The summed E-state index contributed by atoms with van der Waals surface area (Å²) in [5.41, 5.74) is 1.12. The highest BCUT2D eigenvalue weighted by atomic mass is 16.4. The fourth-order valence-corrected chi connectivity index (χ4v) is 1.23. The number of nitrogens with one attached hydrogen (secondary N) is 2. The van der Waals surface area contributed by atoms with Crippen molar-refractivity contribution in [1.29, 1.82) is 5.26 Å². The molecule has 0 fully saturated rings. The molecule has 1 amide bonds. The zero-order chi connectivity index (χ0) is 13.5. The van der Waals surface area contributed by atoms with Crippen molar-refractivity contribution < 1.29 is 14.7 Å². The second-order valence-corrected chi connectivity index (χ2v) is 3.49. The van der Waals surface area contributed by atoms with Crippen molar-refractivity contribution in [3.63, 3.8) is 0 Å². The molecule has 0 spiro atoms. The van der Waals surface area contributed by atoms with E-state index in [4.69, 9.17) is 10.4 Å². The number of pyridine rings is 1. The van der Waals surface area contributed by atoms with Crippen LogP contribution >= 0.6 is 0 Å². The molecular weight excluding hydrogens is 236 g/mol. The Morgan fingerprint density at radius 2 is 2.22 bits per heavy atom. The van der Waals surface area contributed by atoms with Crippen LogP contribution in [-0.2, 0) is 9.59 Å². The second-order valence-electron chi connectivity index (χ2n) is 3.49. The van der Waals surface area contributed by atoms with Gasteiger partial charge in [-0.05, 0) is 18.6 Å². The van der Waals surface area contributed by atoms with Crippen molar-refractivity contribution in [2.45, 2.75) is 6.92 Å². The monoisotopic (exact) mass is 248 g/mol. The Kier molecular flexibility index (Phi) is 4.63. The SMILES string of the molecule is Cc1ccnc(NCC(=O)NCC(=O)O)c1C#N. The quantitative estimate of drug-likeness (QED) is 0.668. The lowest BCUT2D eigenvalue weighted by Gasteiger charge is -2.08. The van der Waals surface area contributed by atoms with Crippen LogP contribution in [0.2, 0.25) is 0 Å². The van der Waals surface area contributed by atoms with Crippen LogP contribution in [0, 0.1) is 18.3 Å². The lowest BCUT2D eigenvalue weighted by atomic mass is 10.1. The van der Waals surface area contributed by atoms with E-state index in [1.54, 1.807) is 13.0 Å². The van der Waals surface area contributed by atoms with E-state index in [9.17, 15) is 9.59 Å². The normalized spacial score (nSPS) is 9.33. The molecule has 0 radical (unpaired) electrons. The fourth-order valence-electron chi connectivity index (χ4n) is 1.23. The first-order valence-corrected chi connectivity index (χ1v) is 5.12. The first kappa shape index (κ1) is 13.4. The molecule has 1 rings (SSSR count). The molecule has 0 bridgehead atoms. The summed E-state index contributed by atoms with van der Waals surface area (Å²) >= 11 is 0. The highest BCUT2D eigenvalue weighted by molar-refractivity contribution is 5.84. The second kappa shape index (κ2) is 6.20. The maximum atomic E-state index is 11.3. The Morgan fingerprint density at radius 1 is 1.50 bits per heavy atom. The van der Waals surface area contributed by atoms with Gasteiger partial charge in [-0.1, -0.05) is 0 Å². The number of aliphatic carboxylic acids is 1. The summed E-state index contributed by atoms with van der Waals surface area (Å²) in [6, 6.07) is 3.68. The fraction of sp³-hybridized carbons (Fsp3) is 0.273. The Bertz CT molecular complexity index is 508. The van der Waals surface area contributed by atoms with Gasteiger partial charge in [0.15, 0.2) is 0 Å². The largest absolute Gasteiger partial charge is 0.480 e. The van der Waals surface area contributed by atoms with Crippen molar-refractivity contribution in [3.8, 4) is 6.07 Å². The van der Waals surface area contributed by atoms with Crippen molar-refractivity contribution in [3.05, 3.63) is 23.4 Å². The number of carboxylic acids is 1. The highest BCUT2D eigenvalue weighted by Gasteiger charge is 2.08. The number of nitrogens with zero attached hydrogens (tertiary/aromatic N) is 2. The topological polar surface area (TPSA) is 115 Å². The van der Waals surface area contributed by atoms with Gasteiger partial charge >= 0.3 is 5.97 Å². The summed E-state index contributed by atoms with van der Waals surface area (Å²) < 4.78 is 0. The van der Waals surface area contributed by atoms with Crippen LogP contribution in [0.15, 0.2) is 12.3 Å². The minimum atomic E-state index is -1.12. The Labute approximate surface area is 103 Å². The molecule has 94 valence electrons. The Morgan fingerprint density at radius 3 is 2.83 bits per heavy atom. The predicted molar refractivity (Wildman–Crippen MR) is 62.8 cm³/mol. The summed E-state index contributed by atoms with van der Waals surface area (Å²) in [7, 11) is 0. The molecule has 1 aromatic rings. The minimum Gasteiger partial charge on any atom is -0.480 e. The third-order valence-corrected chi connectivity index (χ3v) is 2.12. The summed E-state index contributed by atoms with van der Waals surface area (Å²) in [5, 5.41) is 22.2. The van der Waals surface area contributed by atoms with Gasteiger partial charge in [0.1, 0.15) is 18.4 Å². The molecule has 0 aliphatic carbocycles. The molecule has 3 N–H and O–H groups in total. The third-order valence-electron chi connectivity index (χ3n) is 2.12. The summed E-state index contributed by atoms with van der Waals surface area (Å²) in [6.45, 7) is 1.18. The van der Waals surface area contributed by atoms with E-state index in [1.807, 2.05) is 6.07 Å². The lowest BCUT2D eigenvalue weighted by Crippen LogP contribution is -2.34. The van der Waals surface area contributed by atoms with E-state index in [1.165, 1.54) is 6.20 Å². The molecule has 7 nitrogen and oxygen atoms in total. The number of carbonyl (C=O) groups is 2. The van der Waals surface area contributed by atoms with Crippen molar-refractivity contribution >= 4 is 17.7 Å². The van der Waals surface area contributed by atoms with Crippen molar-refractivity contribution in [2.24, 2.45) is 0 Å². The van der Waals surface area contributed by atoms with Gasteiger partial charge in [0.2, 0.25) is 5.91 Å². The standard InChI is InChI=1S/C11H12N4O3/c1-7-2-3-13-11(8(7)4-12)15-5-9(16)14-6-10(17)18/h2-3H,5-6H2,1H3,(H,13,15)(H,14,16)(H,17,18). The first-order chi connectivity index (χ1) is 8.54. The van der Waals surface area contributed by atoms with E-state index < -0.39 is 18.4 Å². The van der Waals surface area contributed by atoms with Crippen LogP contribution in [0.4, 0.5) is 5.82 Å². The highest BCUT2D eigenvalue weighted by Crippen LogP contribution is 2.14. The van der Waals surface area contributed by atoms with Crippen LogP contribution in [-0.4, -0.2) is 35.1 Å². The van der Waals surface area contributed by atoms with Gasteiger partial charge in [0, 0.05) is 6.20 Å². The van der Waals surface area contributed by atoms with E-state index in [2.05, 4.69) is 15.6 Å². The van der Waals surface area contributed by atoms with Crippen LogP contribution in [0.1, 0.15) is 11.1 Å². The predicted octanol–water partition coefficient (Wildman–Crippen LogP) is -0.126. The molecule has 7 heteroatoms. The van der Waals surface area contributed by atoms with Crippen molar-refractivity contribution in [2.75, 3.05) is 18.4 Å². The molecule has 0 aliphatic heterocycles. The van der Waals surface area contributed by atoms with E-state index in [0.29, 0.717) is 11.4 Å². The number of hydrogen-bond donors (Lipinski definition) is 3. The summed E-state index contributed by atoms with van der Waals surface area (Å²) in [4.78, 5) is 25.4. The molecule has 0 aromatic carbocycles. The maximum absolute atomic E-state index is 11.3.